The number of pyridine rings is 1. The molecule has 2 aromatic carbocycles. The minimum atomic E-state index is -0.300. The zero-order chi connectivity index (χ0) is 20.8. The number of amides is 2. The average Bonchev–Trinajstić information content (AvgIpc) is 2.70. The van der Waals surface area contributed by atoms with Crippen molar-refractivity contribution in [3.8, 4) is 17.7 Å². The Balaban J connectivity index is 1.75. The summed E-state index contributed by atoms with van der Waals surface area (Å²) in [5, 5.41) is 14.6. The highest BCUT2D eigenvalue weighted by molar-refractivity contribution is 6.05. The summed E-state index contributed by atoms with van der Waals surface area (Å²) < 4.78 is 5.69. The lowest BCUT2D eigenvalue weighted by Gasteiger charge is -2.12. The molecule has 0 fully saturated rings. The molecule has 0 aliphatic heterocycles. The normalized spacial score (nSPS) is 9.97. The van der Waals surface area contributed by atoms with Crippen molar-refractivity contribution in [1.29, 1.82) is 5.26 Å². The number of nitrogens with zero attached hydrogens (tertiary/aromatic N) is 2. The highest BCUT2D eigenvalue weighted by Gasteiger charge is 2.11. The summed E-state index contributed by atoms with van der Waals surface area (Å²) in [5.41, 5.74) is 2.70. The van der Waals surface area contributed by atoms with Gasteiger partial charge in [-0.05, 0) is 61.0 Å². The largest absolute Gasteiger partial charge is 0.438 e. The molecule has 3 aromatic rings. The molecule has 3 rings (SSSR count). The number of carbonyl (C=O) groups is 2. The summed E-state index contributed by atoms with van der Waals surface area (Å²) >= 11 is 0. The lowest BCUT2D eigenvalue weighted by Crippen LogP contribution is -2.13. The minimum absolute atomic E-state index is 0.207. The molecule has 2 amide bonds. The van der Waals surface area contributed by atoms with E-state index in [0.29, 0.717) is 28.3 Å². The van der Waals surface area contributed by atoms with Crippen LogP contribution in [0.4, 0.5) is 11.4 Å². The number of hydrogen-bond donors (Lipinski definition) is 2. The van der Waals surface area contributed by atoms with Gasteiger partial charge >= 0.3 is 0 Å². The topological polar surface area (TPSA) is 104 Å². The molecule has 0 unspecified atom stereocenters. The van der Waals surface area contributed by atoms with Gasteiger partial charge in [0.2, 0.25) is 11.8 Å². The van der Waals surface area contributed by atoms with Crippen LogP contribution in [0.1, 0.15) is 28.4 Å². The minimum Gasteiger partial charge on any atom is -0.438 e. The third-order valence-corrected chi connectivity index (χ3v) is 4.00. The molecule has 0 aliphatic carbocycles. The van der Waals surface area contributed by atoms with E-state index in [-0.39, 0.29) is 17.7 Å². The van der Waals surface area contributed by atoms with E-state index >= 15 is 0 Å². The highest BCUT2D eigenvalue weighted by Crippen LogP contribution is 2.27. The molecule has 0 bridgehead atoms. The number of benzene rings is 2. The second kappa shape index (κ2) is 8.67. The van der Waals surface area contributed by atoms with Crippen LogP contribution in [0.25, 0.3) is 0 Å². The molecule has 0 atom stereocenters. The van der Waals surface area contributed by atoms with E-state index in [2.05, 4.69) is 15.6 Å². The van der Waals surface area contributed by atoms with Crippen LogP contribution in [0.2, 0.25) is 0 Å². The summed E-state index contributed by atoms with van der Waals surface area (Å²) in [5.74, 6) is 0.219. The Kier molecular flexibility index (Phi) is 5.85. The Morgan fingerprint density at radius 2 is 1.90 bits per heavy atom. The van der Waals surface area contributed by atoms with Crippen molar-refractivity contribution < 1.29 is 14.3 Å². The highest BCUT2D eigenvalue weighted by atomic mass is 16.5. The smallest absolute Gasteiger partial charge is 0.255 e. The zero-order valence-corrected chi connectivity index (χ0v) is 15.9. The molecule has 0 aliphatic rings. The summed E-state index contributed by atoms with van der Waals surface area (Å²) in [6, 6.07) is 17.2. The molecule has 2 N–H and O–H groups in total. The predicted octanol–water partition coefficient (Wildman–Crippen LogP) is 4.26. The quantitative estimate of drug-likeness (QED) is 0.682. The van der Waals surface area contributed by atoms with Crippen LogP contribution in [-0.4, -0.2) is 16.8 Å². The van der Waals surface area contributed by atoms with E-state index in [1.165, 1.54) is 6.92 Å². The van der Waals surface area contributed by atoms with E-state index in [0.717, 1.165) is 5.56 Å². The maximum absolute atomic E-state index is 12.6. The number of ether oxygens (including phenoxy) is 1. The molecule has 29 heavy (non-hydrogen) atoms. The van der Waals surface area contributed by atoms with Crippen molar-refractivity contribution in [2.24, 2.45) is 0 Å². The van der Waals surface area contributed by atoms with Gasteiger partial charge in [-0.1, -0.05) is 6.07 Å². The Labute approximate surface area is 168 Å². The monoisotopic (exact) mass is 386 g/mol. The van der Waals surface area contributed by atoms with Crippen LogP contribution >= 0.6 is 0 Å². The van der Waals surface area contributed by atoms with Crippen LogP contribution in [0.3, 0.4) is 0 Å². The second-order valence-electron chi connectivity index (χ2n) is 6.26. The lowest BCUT2D eigenvalue weighted by molar-refractivity contribution is -0.114. The van der Waals surface area contributed by atoms with E-state index in [1.807, 2.05) is 13.0 Å². The molecular formula is C22H18N4O3. The first kappa shape index (κ1) is 19.6. The molecular weight excluding hydrogens is 368 g/mol. The van der Waals surface area contributed by atoms with Gasteiger partial charge in [0.05, 0.1) is 0 Å². The van der Waals surface area contributed by atoms with Gasteiger partial charge in [-0.25, -0.2) is 4.98 Å². The Hall–Kier alpha value is -4.18. The van der Waals surface area contributed by atoms with Crippen LogP contribution in [-0.2, 0) is 4.79 Å². The molecule has 7 heteroatoms. The number of aryl methyl sites for hydroxylation is 1. The summed E-state index contributed by atoms with van der Waals surface area (Å²) in [7, 11) is 0. The first-order valence-electron chi connectivity index (χ1n) is 8.79. The predicted molar refractivity (Wildman–Crippen MR) is 109 cm³/mol. The van der Waals surface area contributed by atoms with Crippen molar-refractivity contribution in [2.75, 3.05) is 10.6 Å². The second-order valence-corrected chi connectivity index (χ2v) is 6.26. The van der Waals surface area contributed by atoms with Crippen LogP contribution in [0, 0.1) is 18.3 Å². The number of anilines is 2. The van der Waals surface area contributed by atoms with Gasteiger partial charge in [-0.2, -0.15) is 5.26 Å². The van der Waals surface area contributed by atoms with Crippen molar-refractivity contribution in [3.05, 3.63) is 77.5 Å². The standard InChI is InChI=1S/C22H18N4O3/c1-14-11-19(29-22-17(13-23)6-4-10-24-22)8-9-20(14)26-21(28)16-5-3-7-18(12-16)25-15(2)27/h3-12H,1-2H3,(H,25,27)(H,26,28). The Bertz CT molecular complexity index is 1120. The maximum atomic E-state index is 12.6. The summed E-state index contributed by atoms with van der Waals surface area (Å²) in [6.07, 6.45) is 1.55. The van der Waals surface area contributed by atoms with Gasteiger partial charge in [-0.15, -0.1) is 0 Å². The molecule has 1 aromatic heterocycles. The van der Waals surface area contributed by atoms with Gasteiger partial charge in [0.25, 0.3) is 5.91 Å². The number of nitrogens with one attached hydrogen (secondary N) is 2. The maximum Gasteiger partial charge on any atom is 0.255 e. The van der Waals surface area contributed by atoms with E-state index in [4.69, 9.17) is 10.00 Å². The fourth-order valence-electron chi connectivity index (χ4n) is 2.64. The Morgan fingerprint density at radius 3 is 2.62 bits per heavy atom. The van der Waals surface area contributed by atoms with E-state index in [1.54, 1.807) is 60.8 Å². The van der Waals surface area contributed by atoms with Gasteiger partial charge in [0.15, 0.2) is 0 Å². The number of nitriles is 1. The first-order valence-corrected chi connectivity index (χ1v) is 8.79. The summed E-state index contributed by atoms with van der Waals surface area (Å²) in [4.78, 5) is 27.8. The molecule has 144 valence electrons. The van der Waals surface area contributed by atoms with Crippen LogP contribution in [0.5, 0.6) is 11.6 Å². The number of rotatable bonds is 5. The van der Waals surface area contributed by atoms with Crippen LogP contribution in [0.15, 0.2) is 60.8 Å². The Morgan fingerprint density at radius 1 is 1.07 bits per heavy atom. The number of carbonyl (C=O) groups excluding carboxylic acids is 2. The molecule has 7 nitrogen and oxygen atoms in total. The van der Waals surface area contributed by atoms with Crippen molar-refractivity contribution >= 4 is 23.2 Å². The SMILES string of the molecule is CC(=O)Nc1cccc(C(=O)Nc2ccc(Oc3ncccc3C#N)cc2C)c1. The molecule has 0 spiro atoms. The van der Waals surface area contributed by atoms with Gasteiger partial charge in [0.1, 0.15) is 17.4 Å². The lowest BCUT2D eigenvalue weighted by atomic mass is 10.1. The van der Waals surface area contributed by atoms with Gasteiger partial charge < -0.3 is 15.4 Å². The third-order valence-electron chi connectivity index (χ3n) is 4.00. The summed E-state index contributed by atoms with van der Waals surface area (Å²) in [6.45, 7) is 3.24. The van der Waals surface area contributed by atoms with E-state index in [9.17, 15) is 9.59 Å². The average molecular weight is 386 g/mol. The fraction of sp³-hybridized carbons (Fsp3) is 0.0909. The first-order chi connectivity index (χ1) is 14.0. The molecule has 0 saturated carbocycles. The van der Waals surface area contributed by atoms with Gasteiger partial charge in [-0.3, -0.25) is 9.59 Å². The zero-order valence-electron chi connectivity index (χ0n) is 15.9. The number of aromatic nitrogens is 1. The van der Waals surface area contributed by atoms with Crippen molar-refractivity contribution in [3.63, 3.8) is 0 Å². The van der Waals surface area contributed by atoms with E-state index < -0.39 is 0 Å². The molecule has 0 saturated heterocycles. The van der Waals surface area contributed by atoms with Gasteiger partial charge in [0, 0.05) is 30.1 Å². The third kappa shape index (κ3) is 4.96. The molecule has 1 heterocycles. The number of hydrogen-bond acceptors (Lipinski definition) is 5. The van der Waals surface area contributed by atoms with Crippen molar-refractivity contribution in [1.82, 2.24) is 4.98 Å². The fourth-order valence-corrected chi connectivity index (χ4v) is 2.64. The van der Waals surface area contributed by atoms with Crippen LogP contribution < -0.4 is 15.4 Å². The molecule has 0 radical (unpaired) electrons. The van der Waals surface area contributed by atoms with Crippen molar-refractivity contribution in [2.45, 2.75) is 13.8 Å².